The molecule has 96 valence electrons. The molecule has 0 atom stereocenters. The van der Waals surface area contributed by atoms with Crippen molar-refractivity contribution >= 4 is 0 Å². The molecule has 19 heavy (non-hydrogen) atoms. The second kappa shape index (κ2) is 4.97. The lowest BCUT2D eigenvalue weighted by atomic mass is 10.1. The maximum Gasteiger partial charge on any atom is 0.130 e. The predicted octanol–water partition coefficient (Wildman–Crippen LogP) is 2.69. The van der Waals surface area contributed by atoms with Crippen LogP contribution in [0.3, 0.4) is 0 Å². The van der Waals surface area contributed by atoms with Crippen LogP contribution >= 0.6 is 0 Å². The van der Waals surface area contributed by atoms with E-state index in [-0.39, 0.29) is 0 Å². The summed E-state index contributed by atoms with van der Waals surface area (Å²) in [6, 6.07) is 6.13. The van der Waals surface area contributed by atoms with E-state index >= 15 is 0 Å². The molecule has 0 spiro atoms. The first-order chi connectivity index (χ1) is 9.33. The van der Waals surface area contributed by atoms with Gasteiger partial charge in [-0.2, -0.15) is 5.10 Å². The number of nitrogens with zero attached hydrogens (tertiary/aromatic N) is 2. The Hall–Kier alpha value is -2.56. The van der Waals surface area contributed by atoms with E-state index < -0.39 is 0 Å². The van der Waals surface area contributed by atoms with Gasteiger partial charge in [0.25, 0.3) is 0 Å². The molecule has 0 radical (unpaired) electrons. The number of aryl methyl sites for hydroxylation is 1. The number of hydrogen-bond acceptors (Lipinski definition) is 3. The minimum atomic E-state index is 0.467. The molecule has 3 aromatic rings. The fraction of sp³-hybridized carbons (Fsp3) is 0.143. The van der Waals surface area contributed by atoms with Crippen LogP contribution in [-0.2, 0) is 6.61 Å². The Bertz CT molecular complexity index is 644. The lowest BCUT2D eigenvalue weighted by molar-refractivity contribution is 0.303. The molecular weight excluding hydrogens is 240 g/mol. The summed E-state index contributed by atoms with van der Waals surface area (Å²) in [4.78, 5) is 7.00. The van der Waals surface area contributed by atoms with Gasteiger partial charge in [-0.15, -0.1) is 0 Å². The third-order valence-corrected chi connectivity index (χ3v) is 2.88. The number of H-pyrrole nitrogens is 2. The zero-order valence-electron chi connectivity index (χ0n) is 10.6. The van der Waals surface area contributed by atoms with Crippen LogP contribution in [0.5, 0.6) is 5.75 Å². The van der Waals surface area contributed by atoms with E-state index in [1.807, 2.05) is 25.3 Å². The van der Waals surface area contributed by atoms with Crippen LogP contribution in [-0.4, -0.2) is 20.2 Å². The molecule has 0 unspecified atom stereocenters. The summed E-state index contributed by atoms with van der Waals surface area (Å²) in [5.41, 5.74) is 4.14. The highest BCUT2D eigenvalue weighted by Crippen LogP contribution is 2.30. The molecular formula is C14H14N4O. The number of aromatic amines is 2. The predicted molar refractivity (Wildman–Crippen MR) is 71.7 cm³/mol. The molecule has 0 amide bonds. The summed E-state index contributed by atoms with van der Waals surface area (Å²) in [6.45, 7) is 2.51. The first kappa shape index (κ1) is 11.5. The van der Waals surface area contributed by atoms with E-state index in [9.17, 15) is 0 Å². The minimum Gasteiger partial charge on any atom is -0.487 e. The maximum atomic E-state index is 5.87. The average Bonchev–Trinajstić information content (AvgIpc) is 3.10. The molecule has 2 N–H and O–H groups in total. The topological polar surface area (TPSA) is 66.6 Å². The summed E-state index contributed by atoms with van der Waals surface area (Å²) < 4.78 is 5.87. The summed E-state index contributed by atoms with van der Waals surface area (Å²) in [6.07, 6.45) is 7.04. The van der Waals surface area contributed by atoms with Crippen molar-refractivity contribution in [3.63, 3.8) is 0 Å². The number of aromatic nitrogens is 4. The molecule has 0 aliphatic heterocycles. The number of hydrogen-bond donors (Lipinski definition) is 2. The van der Waals surface area contributed by atoms with E-state index in [2.05, 4.69) is 26.2 Å². The van der Waals surface area contributed by atoms with E-state index in [4.69, 9.17) is 4.74 Å². The summed E-state index contributed by atoms with van der Waals surface area (Å²) >= 11 is 0. The molecule has 1 aromatic carbocycles. The van der Waals surface area contributed by atoms with Crippen LogP contribution in [0, 0.1) is 6.92 Å². The second-order valence-corrected chi connectivity index (χ2v) is 4.35. The van der Waals surface area contributed by atoms with Crippen molar-refractivity contribution in [2.45, 2.75) is 13.5 Å². The molecule has 0 aliphatic rings. The Morgan fingerprint density at radius 1 is 1.26 bits per heavy atom. The van der Waals surface area contributed by atoms with Crippen LogP contribution in [0.4, 0.5) is 0 Å². The minimum absolute atomic E-state index is 0.467. The van der Waals surface area contributed by atoms with Gasteiger partial charge in [-0.1, -0.05) is 12.1 Å². The van der Waals surface area contributed by atoms with Gasteiger partial charge in [0.1, 0.15) is 12.4 Å². The fourth-order valence-corrected chi connectivity index (χ4v) is 1.90. The maximum absolute atomic E-state index is 5.87. The molecule has 0 fully saturated rings. The van der Waals surface area contributed by atoms with Crippen molar-refractivity contribution in [1.82, 2.24) is 20.2 Å². The summed E-state index contributed by atoms with van der Waals surface area (Å²) in [5.74, 6) is 0.844. The van der Waals surface area contributed by atoms with Crippen LogP contribution < -0.4 is 4.74 Å². The van der Waals surface area contributed by atoms with Crippen molar-refractivity contribution in [3.05, 3.63) is 54.4 Å². The zero-order chi connectivity index (χ0) is 13.1. The summed E-state index contributed by atoms with van der Waals surface area (Å²) in [7, 11) is 0. The van der Waals surface area contributed by atoms with Crippen LogP contribution in [0.1, 0.15) is 11.3 Å². The second-order valence-electron chi connectivity index (χ2n) is 4.35. The first-order valence-corrected chi connectivity index (χ1v) is 6.03. The lowest BCUT2D eigenvalue weighted by Gasteiger charge is -2.10. The van der Waals surface area contributed by atoms with Gasteiger partial charge < -0.3 is 9.72 Å². The van der Waals surface area contributed by atoms with Crippen molar-refractivity contribution in [2.24, 2.45) is 0 Å². The highest BCUT2D eigenvalue weighted by molar-refractivity contribution is 5.69. The molecule has 3 rings (SSSR count). The van der Waals surface area contributed by atoms with Crippen LogP contribution in [0.25, 0.3) is 11.1 Å². The first-order valence-electron chi connectivity index (χ1n) is 6.03. The largest absolute Gasteiger partial charge is 0.487 e. The lowest BCUT2D eigenvalue weighted by Crippen LogP contribution is -1.97. The number of rotatable bonds is 4. The Morgan fingerprint density at radius 3 is 2.95 bits per heavy atom. The van der Waals surface area contributed by atoms with Crippen molar-refractivity contribution in [3.8, 4) is 16.9 Å². The molecule has 0 saturated carbocycles. The SMILES string of the molecule is Cc1ccc(-c2cn[nH]c2)c(OCc2cnc[nH]2)c1. The number of ether oxygens (including phenoxy) is 1. The molecule has 5 nitrogen and oxygen atoms in total. The molecule has 0 aliphatic carbocycles. The van der Waals surface area contributed by atoms with Crippen molar-refractivity contribution < 1.29 is 4.74 Å². The third-order valence-electron chi connectivity index (χ3n) is 2.88. The highest BCUT2D eigenvalue weighted by atomic mass is 16.5. The number of imidazole rings is 1. The van der Waals surface area contributed by atoms with Gasteiger partial charge in [0, 0.05) is 17.3 Å². The fourth-order valence-electron chi connectivity index (χ4n) is 1.90. The van der Waals surface area contributed by atoms with Crippen molar-refractivity contribution in [1.29, 1.82) is 0 Å². The molecule has 5 heteroatoms. The van der Waals surface area contributed by atoms with Crippen molar-refractivity contribution in [2.75, 3.05) is 0 Å². The third kappa shape index (κ3) is 2.49. The number of nitrogens with one attached hydrogen (secondary N) is 2. The average molecular weight is 254 g/mol. The zero-order valence-corrected chi connectivity index (χ0v) is 10.6. The van der Waals surface area contributed by atoms with Crippen LogP contribution in [0.2, 0.25) is 0 Å². The smallest absolute Gasteiger partial charge is 0.130 e. The van der Waals surface area contributed by atoms with E-state index in [0.717, 1.165) is 28.1 Å². The quantitative estimate of drug-likeness (QED) is 0.752. The van der Waals surface area contributed by atoms with Gasteiger partial charge in [-0.3, -0.25) is 5.10 Å². The Kier molecular flexibility index (Phi) is 3.02. The van der Waals surface area contributed by atoms with E-state index in [0.29, 0.717) is 6.61 Å². The number of benzene rings is 1. The van der Waals surface area contributed by atoms with Gasteiger partial charge in [0.05, 0.1) is 24.4 Å². The standard InChI is InChI=1S/C14H14N4O/c1-10-2-3-13(11-5-17-18-6-11)14(4-10)19-8-12-7-15-9-16-12/h2-7,9H,8H2,1H3,(H,15,16)(H,17,18). The molecule has 2 aromatic heterocycles. The highest BCUT2D eigenvalue weighted by Gasteiger charge is 2.08. The van der Waals surface area contributed by atoms with E-state index in [1.54, 1.807) is 18.7 Å². The normalized spacial score (nSPS) is 10.6. The molecule has 2 heterocycles. The van der Waals surface area contributed by atoms with Gasteiger partial charge in [-0.25, -0.2) is 4.98 Å². The Labute approximate surface area is 110 Å². The van der Waals surface area contributed by atoms with Crippen LogP contribution in [0.15, 0.2) is 43.1 Å². The van der Waals surface area contributed by atoms with Gasteiger partial charge in [0.2, 0.25) is 0 Å². The monoisotopic (exact) mass is 254 g/mol. The Morgan fingerprint density at radius 2 is 2.21 bits per heavy atom. The molecule has 0 bridgehead atoms. The van der Waals surface area contributed by atoms with Gasteiger partial charge in [-0.05, 0) is 18.6 Å². The molecule has 0 saturated heterocycles. The van der Waals surface area contributed by atoms with E-state index in [1.165, 1.54) is 0 Å². The van der Waals surface area contributed by atoms with Gasteiger partial charge >= 0.3 is 0 Å². The van der Waals surface area contributed by atoms with Gasteiger partial charge in [0.15, 0.2) is 0 Å². The summed E-state index contributed by atoms with van der Waals surface area (Å²) in [5, 5.41) is 6.79. The Balaban J connectivity index is 1.88.